The number of hydrogen-bond donors (Lipinski definition) is 1. The van der Waals surface area contributed by atoms with Crippen molar-refractivity contribution in [1.29, 1.82) is 0 Å². The highest BCUT2D eigenvalue weighted by Gasteiger charge is 2.32. The Hall–Kier alpha value is -0.570. The molecular formula is C11H22N2O. The van der Waals surface area contributed by atoms with Gasteiger partial charge in [-0.05, 0) is 25.2 Å². The van der Waals surface area contributed by atoms with Crippen LogP contribution in [0.25, 0.3) is 0 Å². The van der Waals surface area contributed by atoms with Crippen molar-refractivity contribution < 1.29 is 4.79 Å². The maximum atomic E-state index is 11.5. The van der Waals surface area contributed by atoms with Crippen LogP contribution in [0.3, 0.4) is 0 Å². The molecule has 3 heteroatoms. The minimum absolute atomic E-state index is 0.0533. The van der Waals surface area contributed by atoms with E-state index in [9.17, 15) is 4.79 Å². The number of carbonyl (C=O) groups is 1. The summed E-state index contributed by atoms with van der Waals surface area (Å²) in [5.74, 6) is 0.160. The highest BCUT2D eigenvalue weighted by Crippen LogP contribution is 2.39. The molecule has 3 nitrogen and oxygen atoms in total. The molecule has 82 valence electrons. The van der Waals surface area contributed by atoms with E-state index in [-0.39, 0.29) is 11.9 Å². The first-order valence-electron chi connectivity index (χ1n) is 5.39. The molecule has 0 spiro atoms. The van der Waals surface area contributed by atoms with Crippen molar-refractivity contribution in [2.75, 3.05) is 20.6 Å². The van der Waals surface area contributed by atoms with Crippen molar-refractivity contribution >= 4 is 5.91 Å². The molecular weight excluding hydrogens is 176 g/mol. The summed E-state index contributed by atoms with van der Waals surface area (Å²) in [5.41, 5.74) is 0.445. The quantitative estimate of drug-likeness (QED) is 0.737. The molecule has 1 saturated carbocycles. The van der Waals surface area contributed by atoms with Crippen molar-refractivity contribution in [3.63, 3.8) is 0 Å². The average Bonchev–Trinajstić information content (AvgIpc) is 2.09. The third-order valence-electron chi connectivity index (χ3n) is 3.21. The Labute approximate surface area is 86.9 Å². The number of amides is 1. The second-order valence-corrected chi connectivity index (χ2v) is 5.00. The first-order valence-corrected chi connectivity index (χ1v) is 5.39. The van der Waals surface area contributed by atoms with Crippen molar-refractivity contribution in [1.82, 2.24) is 10.2 Å². The van der Waals surface area contributed by atoms with Gasteiger partial charge in [0.2, 0.25) is 5.91 Å². The predicted molar refractivity (Wildman–Crippen MR) is 58.1 cm³/mol. The Kier molecular flexibility index (Phi) is 3.53. The van der Waals surface area contributed by atoms with Crippen LogP contribution in [0.1, 0.15) is 33.1 Å². The van der Waals surface area contributed by atoms with Gasteiger partial charge in [0.05, 0.1) is 6.04 Å². The van der Waals surface area contributed by atoms with Gasteiger partial charge in [0.1, 0.15) is 0 Å². The second kappa shape index (κ2) is 4.30. The van der Waals surface area contributed by atoms with Crippen LogP contribution in [0.15, 0.2) is 0 Å². The Bertz CT molecular complexity index is 209. The average molecular weight is 198 g/mol. The number of hydrogen-bond acceptors (Lipinski definition) is 2. The first-order chi connectivity index (χ1) is 6.44. The fourth-order valence-corrected chi connectivity index (χ4v) is 1.83. The van der Waals surface area contributed by atoms with E-state index in [2.05, 4.69) is 12.2 Å². The summed E-state index contributed by atoms with van der Waals surface area (Å²) in [4.78, 5) is 13.2. The molecule has 0 aromatic rings. The van der Waals surface area contributed by atoms with Gasteiger partial charge in [0.25, 0.3) is 0 Å². The molecule has 1 atom stereocenters. The van der Waals surface area contributed by atoms with Crippen molar-refractivity contribution in [2.24, 2.45) is 5.41 Å². The van der Waals surface area contributed by atoms with Crippen LogP contribution < -0.4 is 5.32 Å². The number of likely N-dealkylation sites (N-methyl/N-ethyl adjacent to an activating group) is 1. The third-order valence-corrected chi connectivity index (χ3v) is 3.21. The third kappa shape index (κ3) is 2.71. The molecule has 0 aromatic heterocycles. The Morgan fingerprint density at radius 2 is 2.07 bits per heavy atom. The molecule has 1 N–H and O–H groups in total. The van der Waals surface area contributed by atoms with E-state index in [1.807, 2.05) is 6.92 Å². The second-order valence-electron chi connectivity index (χ2n) is 5.00. The highest BCUT2D eigenvalue weighted by atomic mass is 16.2. The maximum absolute atomic E-state index is 11.5. The zero-order valence-electron chi connectivity index (χ0n) is 9.76. The molecule has 0 saturated heterocycles. The molecule has 1 amide bonds. The van der Waals surface area contributed by atoms with Gasteiger partial charge in [-0.2, -0.15) is 0 Å². The molecule has 1 fully saturated rings. The summed E-state index contributed by atoms with van der Waals surface area (Å²) in [6.45, 7) is 5.19. The summed E-state index contributed by atoms with van der Waals surface area (Å²) >= 11 is 0. The van der Waals surface area contributed by atoms with Crippen molar-refractivity contribution in [3.05, 3.63) is 0 Å². The molecule has 14 heavy (non-hydrogen) atoms. The first kappa shape index (κ1) is 11.5. The maximum Gasteiger partial charge on any atom is 0.238 e. The number of carbonyl (C=O) groups excluding carboxylic acids is 1. The van der Waals surface area contributed by atoms with Crippen LogP contribution in [-0.4, -0.2) is 37.5 Å². The molecule has 1 aliphatic carbocycles. The normalized spacial score (nSPS) is 21.1. The van der Waals surface area contributed by atoms with E-state index >= 15 is 0 Å². The lowest BCUT2D eigenvalue weighted by Crippen LogP contribution is -2.47. The van der Waals surface area contributed by atoms with Crippen LogP contribution in [-0.2, 0) is 4.79 Å². The summed E-state index contributed by atoms with van der Waals surface area (Å²) in [7, 11) is 3.59. The van der Waals surface area contributed by atoms with Crippen molar-refractivity contribution in [3.8, 4) is 0 Å². The van der Waals surface area contributed by atoms with E-state index in [4.69, 9.17) is 0 Å². The smallest absolute Gasteiger partial charge is 0.238 e. The molecule has 1 unspecified atom stereocenters. The van der Waals surface area contributed by atoms with Gasteiger partial charge < -0.3 is 10.2 Å². The van der Waals surface area contributed by atoms with Crippen LogP contribution in [0, 0.1) is 5.41 Å². The van der Waals surface area contributed by atoms with Gasteiger partial charge >= 0.3 is 0 Å². The van der Waals surface area contributed by atoms with Crippen molar-refractivity contribution in [2.45, 2.75) is 39.2 Å². The Morgan fingerprint density at radius 3 is 2.43 bits per heavy atom. The largest absolute Gasteiger partial charge is 0.347 e. The lowest BCUT2D eigenvalue weighted by molar-refractivity contribution is -0.130. The summed E-state index contributed by atoms with van der Waals surface area (Å²) in [5, 5.41) is 3.31. The monoisotopic (exact) mass is 198 g/mol. The van der Waals surface area contributed by atoms with Gasteiger partial charge in [-0.25, -0.2) is 0 Å². The molecule has 0 bridgehead atoms. The summed E-state index contributed by atoms with van der Waals surface area (Å²) in [6.07, 6.45) is 3.93. The number of nitrogens with zero attached hydrogens (tertiary/aromatic N) is 1. The van der Waals surface area contributed by atoms with E-state index in [0.29, 0.717) is 5.41 Å². The fourth-order valence-electron chi connectivity index (χ4n) is 1.83. The molecule has 1 aliphatic rings. The van der Waals surface area contributed by atoms with E-state index in [0.717, 1.165) is 6.54 Å². The standard InChI is InChI=1S/C11H22N2O/c1-9(10(14)13(3)4)12-8-11(2)6-5-7-11/h9,12H,5-8H2,1-4H3. The van der Waals surface area contributed by atoms with E-state index < -0.39 is 0 Å². The van der Waals surface area contributed by atoms with Crippen LogP contribution >= 0.6 is 0 Å². The van der Waals surface area contributed by atoms with Gasteiger partial charge in [0, 0.05) is 20.6 Å². The van der Waals surface area contributed by atoms with E-state index in [1.54, 1.807) is 19.0 Å². The number of nitrogens with one attached hydrogen (secondary N) is 1. The lowest BCUT2D eigenvalue weighted by atomic mass is 9.70. The van der Waals surface area contributed by atoms with Gasteiger partial charge in [-0.3, -0.25) is 4.79 Å². The Balaban J connectivity index is 2.27. The summed E-state index contributed by atoms with van der Waals surface area (Å²) in [6, 6.07) is -0.0533. The highest BCUT2D eigenvalue weighted by molar-refractivity contribution is 5.80. The van der Waals surface area contributed by atoms with Crippen LogP contribution in [0.2, 0.25) is 0 Å². The lowest BCUT2D eigenvalue weighted by Gasteiger charge is -2.39. The molecule has 1 rings (SSSR count). The Morgan fingerprint density at radius 1 is 1.50 bits per heavy atom. The minimum atomic E-state index is -0.0533. The van der Waals surface area contributed by atoms with Crippen LogP contribution in [0.5, 0.6) is 0 Å². The van der Waals surface area contributed by atoms with Gasteiger partial charge in [-0.15, -0.1) is 0 Å². The number of rotatable bonds is 4. The zero-order chi connectivity index (χ0) is 10.8. The van der Waals surface area contributed by atoms with Gasteiger partial charge in [0.15, 0.2) is 0 Å². The van der Waals surface area contributed by atoms with E-state index in [1.165, 1.54) is 19.3 Å². The fraction of sp³-hybridized carbons (Fsp3) is 0.909. The predicted octanol–water partition coefficient (Wildman–Crippen LogP) is 1.24. The van der Waals surface area contributed by atoms with Crippen LogP contribution in [0.4, 0.5) is 0 Å². The molecule has 0 radical (unpaired) electrons. The SMILES string of the molecule is CC(NCC1(C)CCC1)C(=O)N(C)C. The minimum Gasteiger partial charge on any atom is -0.347 e. The van der Waals surface area contributed by atoms with Gasteiger partial charge in [-0.1, -0.05) is 13.3 Å². The molecule has 0 aliphatic heterocycles. The molecule has 0 heterocycles. The topological polar surface area (TPSA) is 32.3 Å². The summed E-state index contributed by atoms with van der Waals surface area (Å²) < 4.78 is 0. The zero-order valence-corrected chi connectivity index (χ0v) is 9.76. The molecule has 0 aromatic carbocycles.